The summed E-state index contributed by atoms with van der Waals surface area (Å²) in [5.74, 6) is 1.23. The van der Waals surface area contributed by atoms with Gasteiger partial charge in [-0.25, -0.2) is 4.98 Å². The molecule has 3 heterocycles. The fraction of sp³-hybridized carbons (Fsp3) is 0.688. The van der Waals surface area contributed by atoms with Crippen molar-refractivity contribution in [3.05, 3.63) is 22.1 Å². The zero-order chi connectivity index (χ0) is 16.4. The van der Waals surface area contributed by atoms with E-state index in [1.807, 2.05) is 0 Å². The molecule has 0 bridgehead atoms. The highest BCUT2D eigenvalue weighted by Crippen LogP contribution is 2.20. The predicted molar refractivity (Wildman–Crippen MR) is 91.0 cm³/mol. The van der Waals surface area contributed by atoms with Gasteiger partial charge in [0.15, 0.2) is 5.16 Å². The number of aromatic nitrogens is 2. The molecule has 0 atom stereocenters. The Morgan fingerprint density at radius 3 is 2.83 bits per heavy atom. The molecule has 3 rings (SSSR count). The number of hydrogen-bond donors (Lipinski definition) is 1. The minimum absolute atomic E-state index is 0.151. The van der Waals surface area contributed by atoms with Crippen LogP contribution in [0, 0.1) is 5.92 Å². The molecule has 1 fully saturated rings. The van der Waals surface area contributed by atoms with Gasteiger partial charge in [0, 0.05) is 44.2 Å². The van der Waals surface area contributed by atoms with Crippen LogP contribution < -0.4 is 10.9 Å². The van der Waals surface area contributed by atoms with E-state index < -0.39 is 0 Å². The summed E-state index contributed by atoms with van der Waals surface area (Å²) in [6.07, 6.45) is 3.30. The van der Waals surface area contributed by atoms with Crippen LogP contribution in [0.3, 0.4) is 0 Å². The number of hydrogen-bond acceptors (Lipinski definition) is 5. The van der Waals surface area contributed by atoms with E-state index >= 15 is 0 Å². The largest absolute Gasteiger partial charge is 0.349 e. The van der Waals surface area contributed by atoms with Crippen molar-refractivity contribution in [2.24, 2.45) is 5.92 Å². The number of nitrogens with zero attached hydrogens (tertiary/aromatic N) is 3. The summed E-state index contributed by atoms with van der Waals surface area (Å²) in [5.41, 5.74) is -0.0457. The van der Waals surface area contributed by atoms with Gasteiger partial charge < -0.3 is 10.2 Å². The van der Waals surface area contributed by atoms with Crippen molar-refractivity contribution in [2.45, 2.75) is 44.4 Å². The van der Waals surface area contributed by atoms with Crippen LogP contribution in [-0.4, -0.2) is 51.8 Å². The van der Waals surface area contributed by atoms with E-state index in [1.54, 1.807) is 16.3 Å². The molecule has 1 amide bonds. The summed E-state index contributed by atoms with van der Waals surface area (Å²) in [6, 6.07) is 0.151. The van der Waals surface area contributed by atoms with Crippen LogP contribution in [0.2, 0.25) is 0 Å². The Morgan fingerprint density at radius 1 is 1.39 bits per heavy atom. The molecule has 7 heteroatoms. The van der Waals surface area contributed by atoms with Crippen LogP contribution >= 0.6 is 11.8 Å². The Hall–Kier alpha value is -1.34. The number of fused-ring (bicyclic) bond motifs is 1. The molecule has 0 unspecified atom stereocenters. The molecule has 0 spiro atoms. The molecular formula is C16H24N4O2S. The van der Waals surface area contributed by atoms with Crippen LogP contribution in [0.25, 0.3) is 0 Å². The third-order valence-electron chi connectivity index (χ3n) is 4.35. The summed E-state index contributed by atoms with van der Waals surface area (Å²) in [4.78, 5) is 31.4. The Kier molecular flexibility index (Phi) is 5.06. The zero-order valence-corrected chi connectivity index (χ0v) is 14.6. The SMILES string of the molecule is CC(C)CN1CCC(NC(=O)c2cnc3n(c2=O)CCS3)CC1. The fourth-order valence-electron chi connectivity index (χ4n) is 3.21. The van der Waals surface area contributed by atoms with Crippen molar-refractivity contribution in [2.75, 3.05) is 25.4 Å². The van der Waals surface area contributed by atoms with Gasteiger partial charge in [-0.05, 0) is 18.8 Å². The minimum Gasteiger partial charge on any atom is -0.349 e. The van der Waals surface area contributed by atoms with Crippen LogP contribution in [0.4, 0.5) is 0 Å². The third-order valence-corrected chi connectivity index (χ3v) is 5.32. The van der Waals surface area contributed by atoms with Crippen LogP contribution in [-0.2, 0) is 6.54 Å². The number of likely N-dealkylation sites (tertiary alicyclic amines) is 1. The topological polar surface area (TPSA) is 67.2 Å². The first-order chi connectivity index (χ1) is 11.0. The van der Waals surface area contributed by atoms with Crippen LogP contribution in [0.5, 0.6) is 0 Å². The van der Waals surface area contributed by atoms with Gasteiger partial charge in [0.05, 0.1) is 0 Å². The number of thioether (sulfide) groups is 1. The highest BCUT2D eigenvalue weighted by atomic mass is 32.2. The average molecular weight is 336 g/mol. The second-order valence-electron chi connectivity index (χ2n) is 6.70. The summed E-state index contributed by atoms with van der Waals surface area (Å²) in [5, 5.41) is 3.73. The van der Waals surface area contributed by atoms with Crippen molar-refractivity contribution in [1.29, 1.82) is 0 Å². The number of piperidine rings is 1. The lowest BCUT2D eigenvalue weighted by molar-refractivity contribution is 0.0904. The van der Waals surface area contributed by atoms with Gasteiger partial charge in [-0.15, -0.1) is 0 Å². The fourth-order valence-corrected chi connectivity index (χ4v) is 4.13. The smallest absolute Gasteiger partial charge is 0.267 e. The normalized spacial score (nSPS) is 19.1. The Labute approximate surface area is 140 Å². The molecule has 126 valence electrons. The molecule has 1 aromatic rings. The average Bonchev–Trinajstić information content (AvgIpc) is 2.98. The Morgan fingerprint density at radius 2 is 2.13 bits per heavy atom. The maximum absolute atomic E-state index is 12.4. The van der Waals surface area contributed by atoms with Crippen molar-refractivity contribution in [1.82, 2.24) is 19.8 Å². The Bertz CT molecular complexity index is 635. The lowest BCUT2D eigenvalue weighted by Crippen LogP contribution is -2.46. The first kappa shape index (κ1) is 16.5. The van der Waals surface area contributed by atoms with Crippen molar-refractivity contribution < 1.29 is 4.79 Å². The van der Waals surface area contributed by atoms with Gasteiger partial charge in [0.2, 0.25) is 0 Å². The van der Waals surface area contributed by atoms with Gasteiger partial charge in [0.1, 0.15) is 5.56 Å². The van der Waals surface area contributed by atoms with Gasteiger partial charge in [-0.3, -0.25) is 14.2 Å². The highest BCUT2D eigenvalue weighted by Gasteiger charge is 2.24. The van der Waals surface area contributed by atoms with E-state index in [9.17, 15) is 9.59 Å². The highest BCUT2D eigenvalue weighted by molar-refractivity contribution is 7.99. The molecule has 2 aliphatic rings. The van der Waals surface area contributed by atoms with Gasteiger partial charge >= 0.3 is 0 Å². The number of rotatable bonds is 4. The van der Waals surface area contributed by atoms with E-state index in [1.165, 1.54) is 6.20 Å². The second-order valence-corrected chi connectivity index (χ2v) is 7.76. The van der Waals surface area contributed by atoms with Crippen LogP contribution in [0.1, 0.15) is 37.0 Å². The molecule has 1 saturated heterocycles. The van der Waals surface area contributed by atoms with E-state index in [2.05, 4.69) is 29.0 Å². The first-order valence-electron chi connectivity index (χ1n) is 8.30. The lowest BCUT2D eigenvalue weighted by Gasteiger charge is -2.33. The maximum Gasteiger partial charge on any atom is 0.267 e. The summed E-state index contributed by atoms with van der Waals surface area (Å²) in [6.45, 7) is 8.19. The second kappa shape index (κ2) is 7.05. The number of carbonyl (C=O) groups is 1. The molecule has 0 saturated carbocycles. The molecular weight excluding hydrogens is 312 g/mol. The summed E-state index contributed by atoms with van der Waals surface area (Å²) in [7, 11) is 0. The maximum atomic E-state index is 12.4. The standard InChI is InChI=1S/C16H24N4O2S/c1-11(2)10-19-5-3-12(4-6-19)18-14(21)13-9-17-16-20(15(13)22)7-8-23-16/h9,11-12H,3-8,10H2,1-2H3,(H,18,21). The number of amides is 1. The third kappa shape index (κ3) is 3.77. The van der Waals surface area contributed by atoms with Crippen LogP contribution in [0.15, 0.2) is 16.1 Å². The van der Waals surface area contributed by atoms with Crippen molar-refractivity contribution in [3.8, 4) is 0 Å². The molecule has 0 aromatic carbocycles. The zero-order valence-electron chi connectivity index (χ0n) is 13.7. The summed E-state index contributed by atoms with van der Waals surface area (Å²) >= 11 is 1.56. The molecule has 6 nitrogen and oxygen atoms in total. The van der Waals surface area contributed by atoms with Crippen molar-refractivity contribution >= 4 is 17.7 Å². The molecule has 1 N–H and O–H groups in total. The quantitative estimate of drug-likeness (QED) is 0.837. The summed E-state index contributed by atoms with van der Waals surface area (Å²) < 4.78 is 1.60. The monoisotopic (exact) mass is 336 g/mol. The minimum atomic E-state index is -0.281. The molecule has 0 aliphatic carbocycles. The van der Waals surface area contributed by atoms with E-state index in [0.717, 1.165) is 38.2 Å². The molecule has 0 radical (unpaired) electrons. The molecule has 1 aromatic heterocycles. The van der Waals surface area contributed by atoms with Crippen molar-refractivity contribution in [3.63, 3.8) is 0 Å². The van der Waals surface area contributed by atoms with Gasteiger partial charge in [-0.2, -0.15) is 0 Å². The Balaban J connectivity index is 1.60. The van der Waals surface area contributed by atoms with E-state index in [4.69, 9.17) is 0 Å². The van der Waals surface area contributed by atoms with E-state index in [0.29, 0.717) is 17.6 Å². The number of carbonyl (C=O) groups excluding carboxylic acids is 1. The molecule has 2 aliphatic heterocycles. The predicted octanol–water partition coefficient (Wildman–Crippen LogP) is 1.20. The first-order valence-corrected chi connectivity index (χ1v) is 9.29. The van der Waals surface area contributed by atoms with E-state index in [-0.39, 0.29) is 23.1 Å². The van der Waals surface area contributed by atoms with Gasteiger partial charge in [-0.1, -0.05) is 25.6 Å². The lowest BCUT2D eigenvalue weighted by atomic mass is 10.0. The van der Waals surface area contributed by atoms with Gasteiger partial charge in [0.25, 0.3) is 11.5 Å². The number of nitrogens with one attached hydrogen (secondary N) is 1. The molecule has 23 heavy (non-hydrogen) atoms.